The van der Waals surface area contributed by atoms with Gasteiger partial charge in [0.15, 0.2) is 18.1 Å². The lowest BCUT2D eigenvalue weighted by molar-refractivity contribution is -0.604. The van der Waals surface area contributed by atoms with Crippen molar-refractivity contribution in [1.29, 1.82) is 0 Å². The van der Waals surface area contributed by atoms with Crippen molar-refractivity contribution in [2.75, 3.05) is 0 Å². The van der Waals surface area contributed by atoms with E-state index in [0.29, 0.717) is 17.2 Å². The normalized spacial score (nSPS) is 11.9. The predicted octanol–water partition coefficient (Wildman–Crippen LogP) is 5.89. The molecule has 5 rings (SSSR count). The van der Waals surface area contributed by atoms with Gasteiger partial charge in [-0.15, -0.1) is 0 Å². The summed E-state index contributed by atoms with van der Waals surface area (Å²) in [5, 5.41) is 2.85. The maximum absolute atomic E-state index is 14.0. The number of para-hydroxylation sites is 1. The van der Waals surface area contributed by atoms with Crippen LogP contribution in [0.2, 0.25) is 0 Å². The van der Waals surface area contributed by atoms with Crippen molar-refractivity contribution in [3.63, 3.8) is 0 Å². The van der Waals surface area contributed by atoms with Gasteiger partial charge in [0, 0.05) is 31.4 Å². The quantitative estimate of drug-likeness (QED) is 0.311. The molecule has 3 aromatic carbocycles. The van der Waals surface area contributed by atoms with E-state index in [1.807, 2.05) is 79.2 Å². The Bertz CT molecular complexity index is 1540. The summed E-state index contributed by atoms with van der Waals surface area (Å²) in [7, 11) is 0. The molecule has 0 radical (unpaired) electrons. The second-order valence-electron chi connectivity index (χ2n) is 8.25. The zero-order valence-electron chi connectivity index (χ0n) is 18.5. The van der Waals surface area contributed by atoms with E-state index >= 15 is 0 Å². The summed E-state index contributed by atoms with van der Waals surface area (Å²) in [5.74, 6) is 0.613. The van der Waals surface area contributed by atoms with Gasteiger partial charge >= 0.3 is 12.0 Å². The number of benzene rings is 3. The molecule has 0 bridgehead atoms. The number of pyridine rings is 1. The summed E-state index contributed by atoms with van der Waals surface area (Å²) in [6.45, 7) is 5.57. The second-order valence-corrected chi connectivity index (χ2v) is 8.25. The first-order valence-electron chi connectivity index (χ1n) is 10.6. The number of hydrogen-bond donors (Lipinski definition) is 0. The van der Waals surface area contributed by atoms with Crippen LogP contribution in [0.3, 0.4) is 0 Å². The van der Waals surface area contributed by atoms with Gasteiger partial charge in [0.1, 0.15) is 11.2 Å². The van der Waals surface area contributed by atoms with Gasteiger partial charge in [-0.05, 0) is 36.6 Å². The molecule has 0 saturated heterocycles. The number of halogens is 3. The van der Waals surface area contributed by atoms with Crippen molar-refractivity contribution in [1.82, 2.24) is 4.98 Å². The molecule has 0 amide bonds. The van der Waals surface area contributed by atoms with Gasteiger partial charge in [-0.1, -0.05) is 35.3 Å². The van der Waals surface area contributed by atoms with Gasteiger partial charge in [0.05, 0.1) is 16.5 Å². The number of aryl methyl sites for hydroxylation is 2. The topological polar surface area (TPSA) is 20.6 Å². The van der Waals surface area contributed by atoms with Crippen LogP contribution in [-0.2, 0) is 6.18 Å². The van der Waals surface area contributed by atoms with Crippen LogP contribution in [0, 0.1) is 20.8 Å². The molecule has 33 heavy (non-hydrogen) atoms. The van der Waals surface area contributed by atoms with E-state index < -0.39 is 11.7 Å². The van der Waals surface area contributed by atoms with Gasteiger partial charge in [-0.25, -0.2) is 0 Å². The Morgan fingerprint density at radius 3 is 2.12 bits per heavy atom. The first-order chi connectivity index (χ1) is 15.7. The monoisotopic (exact) mass is 445 g/mol. The second kappa shape index (κ2) is 7.66. The van der Waals surface area contributed by atoms with E-state index in [1.165, 1.54) is 12.1 Å². The Hall–Kier alpha value is -3.80. The van der Waals surface area contributed by atoms with Gasteiger partial charge in [-0.2, -0.15) is 22.3 Å². The third kappa shape index (κ3) is 3.61. The fourth-order valence-electron chi connectivity index (χ4n) is 4.38. The molecule has 2 heterocycles. The van der Waals surface area contributed by atoms with Gasteiger partial charge in [-0.3, -0.25) is 0 Å². The van der Waals surface area contributed by atoms with Gasteiger partial charge < -0.3 is 0 Å². The van der Waals surface area contributed by atoms with E-state index in [1.54, 1.807) is 17.7 Å². The number of fused-ring (bicyclic) bond motifs is 2. The summed E-state index contributed by atoms with van der Waals surface area (Å²) in [4.78, 5) is 4.45. The molecular weight excluding hydrogens is 423 g/mol. The third-order valence-electron chi connectivity index (χ3n) is 6.08. The number of aromatic nitrogens is 3. The molecule has 0 fully saturated rings. The summed E-state index contributed by atoms with van der Waals surface area (Å²) in [6, 6.07) is 19.9. The highest BCUT2D eigenvalue weighted by atomic mass is 19.4. The summed E-state index contributed by atoms with van der Waals surface area (Å²) in [6.07, 6.45) is -0.849. The van der Waals surface area contributed by atoms with E-state index in [2.05, 4.69) is 4.98 Å². The van der Waals surface area contributed by atoms with Crippen molar-refractivity contribution >= 4 is 21.7 Å². The molecule has 5 aromatic rings. The molecular formula is C27H22F3N3+2. The van der Waals surface area contributed by atoms with E-state index in [9.17, 15) is 13.2 Å². The number of alkyl halides is 3. The minimum Gasteiger partial charge on any atom is -0.192 e. The summed E-state index contributed by atoms with van der Waals surface area (Å²) >= 11 is 0. The van der Waals surface area contributed by atoms with Crippen LogP contribution in [0.25, 0.3) is 33.1 Å². The fourth-order valence-corrected chi connectivity index (χ4v) is 4.38. The highest BCUT2D eigenvalue weighted by Gasteiger charge is 2.35. The fraction of sp³-hybridized carbons (Fsp3) is 0.148. The van der Waals surface area contributed by atoms with E-state index in [-0.39, 0.29) is 0 Å². The van der Waals surface area contributed by atoms with Crippen LogP contribution < -0.4 is 9.13 Å². The summed E-state index contributed by atoms with van der Waals surface area (Å²) < 4.78 is 45.8. The number of rotatable bonds is 2. The molecule has 0 aliphatic rings. The Labute approximate surface area is 189 Å². The van der Waals surface area contributed by atoms with Crippen molar-refractivity contribution in [3.05, 3.63) is 102 Å². The minimum atomic E-state index is -4.49. The Morgan fingerprint density at radius 2 is 1.39 bits per heavy atom. The van der Waals surface area contributed by atoms with Crippen LogP contribution in [-0.4, -0.2) is 4.98 Å². The standard InChI is InChI=1S/C27H22F3N3/c1-17-12-20-8-4-5-10-22(20)16-32(17)25-13-23(27(28,29)30)14-26(18(25)2)33-19(3)31-15-21-9-6-7-11-24(21)33/h4-16H,1-3H3/q+2. The summed E-state index contributed by atoms with van der Waals surface area (Å²) in [5.41, 5.74) is 2.64. The van der Waals surface area contributed by atoms with Gasteiger partial charge in [0.25, 0.3) is 0 Å². The first-order valence-corrected chi connectivity index (χ1v) is 10.6. The molecule has 0 unspecified atom stereocenters. The third-order valence-corrected chi connectivity index (χ3v) is 6.08. The zero-order chi connectivity index (χ0) is 23.3. The minimum absolute atomic E-state index is 0.460. The molecule has 164 valence electrons. The largest absolute Gasteiger partial charge is 0.416 e. The van der Waals surface area contributed by atoms with Crippen LogP contribution in [0.15, 0.2) is 79.1 Å². The van der Waals surface area contributed by atoms with Gasteiger partial charge in [0.2, 0.25) is 5.69 Å². The van der Waals surface area contributed by atoms with Crippen LogP contribution in [0.1, 0.15) is 22.6 Å². The lowest BCUT2D eigenvalue weighted by atomic mass is 10.0. The average molecular weight is 445 g/mol. The van der Waals surface area contributed by atoms with Crippen molar-refractivity contribution in [2.24, 2.45) is 0 Å². The Balaban J connectivity index is 1.87. The first kappa shape index (κ1) is 21.1. The highest BCUT2D eigenvalue weighted by molar-refractivity contribution is 5.81. The highest BCUT2D eigenvalue weighted by Crippen LogP contribution is 2.33. The molecule has 2 aromatic heterocycles. The Kier molecular flexibility index (Phi) is 4.89. The lowest BCUT2D eigenvalue weighted by Gasteiger charge is -2.14. The molecule has 0 atom stereocenters. The molecule has 0 saturated carbocycles. The maximum atomic E-state index is 14.0. The number of hydrogen-bond acceptors (Lipinski definition) is 1. The van der Waals surface area contributed by atoms with Crippen molar-refractivity contribution < 1.29 is 22.3 Å². The lowest BCUT2D eigenvalue weighted by Crippen LogP contribution is -2.41. The maximum Gasteiger partial charge on any atom is 0.416 e. The zero-order valence-corrected chi connectivity index (χ0v) is 18.5. The van der Waals surface area contributed by atoms with Crippen LogP contribution >= 0.6 is 0 Å². The molecule has 3 nitrogen and oxygen atoms in total. The van der Waals surface area contributed by atoms with Crippen LogP contribution in [0.4, 0.5) is 13.2 Å². The average Bonchev–Trinajstić information content (AvgIpc) is 2.78. The van der Waals surface area contributed by atoms with Crippen molar-refractivity contribution in [3.8, 4) is 11.4 Å². The number of nitrogens with zero attached hydrogens (tertiary/aromatic N) is 3. The van der Waals surface area contributed by atoms with Crippen molar-refractivity contribution in [2.45, 2.75) is 26.9 Å². The molecule has 0 aliphatic heterocycles. The molecule has 6 heteroatoms. The smallest absolute Gasteiger partial charge is 0.192 e. The molecule has 0 spiro atoms. The molecule has 0 aliphatic carbocycles. The van der Waals surface area contributed by atoms with E-state index in [0.717, 1.165) is 32.9 Å². The molecule has 0 N–H and O–H groups in total. The van der Waals surface area contributed by atoms with Crippen LogP contribution in [0.5, 0.6) is 0 Å². The Morgan fingerprint density at radius 1 is 0.758 bits per heavy atom. The predicted molar refractivity (Wildman–Crippen MR) is 122 cm³/mol. The SMILES string of the molecule is Cc1c(-[n+]2cc3ccccc3cc2C)cc(C(F)(F)F)cc1-[n+]1c(C)ncc2ccccc21. The van der Waals surface area contributed by atoms with E-state index in [4.69, 9.17) is 0 Å².